The smallest absolute Gasteiger partial charge is 0.139 e. The van der Waals surface area contributed by atoms with Crippen LogP contribution < -0.4 is 0 Å². The Labute approximate surface area is 79.5 Å². The first-order valence-corrected chi connectivity index (χ1v) is 4.43. The SMILES string of the molecule is O=C[C@H](Br)C=Nc1ccccc1. The Balaban J connectivity index is 2.63. The number of rotatable bonds is 3. The fourth-order valence-electron chi connectivity index (χ4n) is 0.706. The van der Waals surface area contributed by atoms with Crippen LogP contribution in [0.5, 0.6) is 0 Å². The van der Waals surface area contributed by atoms with E-state index in [1.165, 1.54) is 0 Å². The van der Waals surface area contributed by atoms with Crippen LogP contribution in [0.4, 0.5) is 5.69 Å². The van der Waals surface area contributed by atoms with Gasteiger partial charge in [0.05, 0.1) is 5.69 Å². The van der Waals surface area contributed by atoms with Gasteiger partial charge in [-0.05, 0) is 12.1 Å². The van der Waals surface area contributed by atoms with Crippen LogP contribution in [0.2, 0.25) is 0 Å². The highest BCUT2D eigenvalue weighted by Crippen LogP contribution is 2.09. The van der Waals surface area contributed by atoms with Crippen molar-refractivity contribution in [3.63, 3.8) is 0 Å². The maximum atomic E-state index is 10.2. The lowest BCUT2D eigenvalue weighted by molar-refractivity contribution is -0.106. The van der Waals surface area contributed by atoms with E-state index in [-0.39, 0.29) is 4.83 Å². The van der Waals surface area contributed by atoms with Gasteiger partial charge in [-0.15, -0.1) is 0 Å². The zero-order valence-corrected chi connectivity index (χ0v) is 7.94. The van der Waals surface area contributed by atoms with Crippen molar-refractivity contribution in [1.82, 2.24) is 0 Å². The van der Waals surface area contributed by atoms with Gasteiger partial charge in [0, 0.05) is 6.21 Å². The Morgan fingerprint density at radius 3 is 2.58 bits per heavy atom. The van der Waals surface area contributed by atoms with Crippen molar-refractivity contribution >= 4 is 34.1 Å². The number of aldehydes is 1. The number of nitrogens with zero attached hydrogens (tertiary/aromatic N) is 1. The van der Waals surface area contributed by atoms with Gasteiger partial charge in [0.2, 0.25) is 0 Å². The van der Waals surface area contributed by atoms with Crippen LogP contribution >= 0.6 is 15.9 Å². The highest BCUT2D eigenvalue weighted by molar-refractivity contribution is 9.10. The Morgan fingerprint density at radius 2 is 2.00 bits per heavy atom. The first-order chi connectivity index (χ1) is 5.83. The highest BCUT2D eigenvalue weighted by atomic mass is 79.9. The summed E-state index contributed by atoms with van der Waals surface area (Å²) in [4.78, 5) is 14.0. The number of carbonyl (C=O) groups excluding carboxylic acids is 1. The number of carbonyl (C=O) groups is 1. The predicted molar refractivity (Wildman–Crippen MR) is 53.4 cm³/mol. The molecule has 1 aromatic carbocycles. The Bertz CT molecular complexity index is 271. The molecule has 0 aliphatic heterocycles. The maximum absolute atomic E-state index is 10.2. The molecule has 0 aliphatic rings. The van der Waals surface area contributed by atoms with Crippen molar-refractivity contribution in [2.45, 2.75) is 4.83 Å². The molecule has 2 nitrogen and oxygen atoms in total. The molecule has 0 fully saturated rings. The van der Waals surface area contributed by atoms with Crippen molar-refractivity contribution in [3.05, 3.63) is 30.3 Å². The Kier molecular flexibility index (Phi) is 3.67. The van der Waals surface area contributed by atoms with Crippen LogP contribution in [-0.4, -0.2) is 17.3 Å². The molecule has 0 aliphatic carbocycles. The predicted octanol–water partition coefficient (Wildman–Crippen LogP) is 2.35. The van der Waals surface area contributed by atoms with Gasteiger partial charge in [0.15, 0.2) is 0 Å². The second-order valence-electron chi connectivity index (χ2n) is 2.19. The number of halogens is 1. The quantitative estimate of drug-likeness (QED) is 0.442. The molecular weight excluding hydrogens is 218 g/mol. The second-order valence-corrected chi connectivity index (χ2v) is 3.25. The Hall–Kier alpha value is -0.960. The van der Waals surface area contributed by atoms with Crippen molar-refractivity contribution in [3.8, 4) is 0 Å². The van der Waals surface area contributed by atoms with Gasteiger partial charge >= 0.3 is 0 Å². The Morgan fingerprint density at radius 1 is 1.33 bits per heavy atom. The van der Waals surface area contributed by atoms with Crippen LogP contribution in [0.3, 0.4) is 0 Å². The summed E-state index contributed by atoms with van der Waals surface area (Å²) in [6.45, 7) is 0. The first kappa shape index (κ1) is 9.13. The summed E-state index contributed by atoms with van der Waals surface area (Å²) in [7, 11) is 0. The van der Waals surface area contributed by atoms with E-state index in [1.54, 1.807) is 6.21 Å². The molecule has 0 spiro atoms. The van der Waals surface area contributed by atoms with Gasteiger partial charge in [0.25, 0.3) is 0 Å². The zero-order valence-electron chi connectivity index (χ0n) is 6.35. The summed E-state index contributed by atoms with van der Waals surface area (Å²) < 4.78 is 0. The number of alkyl halides is 1. The second kappa shape index (κ2) is 4.83. The minimum atomic E-state index is -0.294. The number of hydrogen-bond acceptors (Lipinski definition) is 2. The monoisotopic (exact) mass is 225 g/mol. The minimum Gasteiger partial charge on any atom is -0.302 e. The highest BCUT2D eigenvalue weighted by Gasteiger charge is 1.93. The summed E-state index contributed by atoms with van der Waals surface area (Å²) in [6, 6.07) is 9.47. The number of hydrogen-bond donors (Lipinski definition) is 0. The molecule has 1 atom stereocenters. The van der Waals surface area contributed by atoms with E-state index in [0.29, 0.717) is 0 Å². The van der Waals surface area contributed by atoms with E-state index in [2.05, 4.69) is 20.9 Å². The van der Waals surface area contributed by atoms with Crippen molar-refractivity contribution in [2.75, 3.05) is 0 Å². The third-order valence-corrected chi connectivity index (χ3v) is 1.70. The molecule has 3 heteroatoms. The number of para-hydroxylation sites is 1. The molecule has 0 N–H and O–H groups in total. The van der Waals surface area contributed by atoms with E-state index < -0.39 is 0 Å². The standard InChI is InChI=1S/C9H8BrNO/c10-8(7-12)6-11-9-4-2-1-3-5-9/h1-8H/t8-/m1/s1. The molecule has 0 heterocycles. The van der Waals surface area contributed by atoms with Crippen LogP contribution in [-0.2, 0) is 4.79 Å². The largest absolute Gasteiger partial charge is 0.302 e. The van der Waals surface area contributed by atoms with Crippen molar-refractivity contribution in [1.29, 1.82) is 0 Å². The molecular formula is C9H8BrNO. The van der Waals surface area contributed by atoms with E-state index in [0.717, 1.165) is 12.0 Å². The molecule has 0 unspecified atom stereocenters. The zero-order chi connectivity index (χ0) is 8.81. The normalized spacial score (nSPS) is 13.1. The molecule has 0 amide bonds. The number of aliphatic imine (C=N–C) groups is 1. The molecule has 0 bridgehead atoms. The molecule has 0 saturated carbocycles. The van der Waals surface area contributed by atoms with Gasteiger partial charge in [0.1, 0.15) is 11.1 Å². The summed E-state index contributed by atoms with van der Waals surface area (Å²) in [5.74, 6) is 0. The molecule has 0 radical (unpaired) electrons. The van der Waals surface area contributed by atoms with Gasteiger partial charge in [-0.1, -0.05) is 34.1 Å². The van der Waals surface area contributed by atoms with Crippen LogP contribution in [0.1, 0.15) is 0 Å². The molecule has 1 rings (SSSR count). The number of benzene rings is 1. The summed E-state index contributed by atoms with van der Waals surface area (Å²) in [5, 5.41) is 0. The van der Waals surface area contributed by atoms with Gasteiger partial charge in [-0.2, -0.15) is 0 Å². The van der Waals surface area contributed by atoms with Crippen molar-refractivity contribution < 1.29 is 4.79 Å². The minimum absolute atomic E-state index is 0.294. The fourth-order valence-corrected chi connectivity index (χ4v) is 0.825. The van der Waals surface area contributed by atoms with E-state index >= 15 is 0 Å². The lowest BCUT2D eigenvalue weighted by Gasteiger charge is -1.91. The molecule has 1 aromatic rings. The summed E-state index contributed by atoms with van der Waals surface area (Å²) >= 11 is 3.12. The third kappa shape index (κ3) is 2.96. The lowest BCUT2D eigenvalue weighted by Crippen LogP contribution is -1.98. The van der Waals surface area contributed by atoms with E-state index in [9.17, 15) is 4.79 Å². The summed E-state index contributed by atoms with van der Waals surface area (Å²) in [5.41, 5.74) is 0.851. The topological polar surface area (TPSA) is 29.4 Å². The van der Waals surface area contributed by atoms with Crippen LogP contribution in [0, 0.1) is 0 Å². The van der Waals surface area contributed by atoms with Gasteiger partial charge < -0.3 is 4.79 Å². The molecule has 62 valence electrons. The van der Waals surface area contributed by atoms with E-state index in [1.807, 2.05) is 30.3 Å². The van der Waals surface area contributed by atoms with Gasteiger partial charge in [-0.25, -0.2) is 0 Å². The fraction of sp³-hybridized carbons (Fsp3) is 0.111. The summed E-state index contributed by atoms with van der Waals surface area (Å²) in [6.07, 6.45) is 2.34. The van der Waals surface area contributed by atoms with Gasteiger partial charge in [-0.3, -0.25) is 4.99 Å². The first-order valence-electron chi connectivity index (χ1n) is 3.51. The third-order valence-electron chi connectivity index (χ3n) is 1.25. The average molecular weight is 226 g/mol. The van der Waals surface area contributed by atoms with Crippen LogP contribution in [0.25, 0.3) is 0 Å². The molecule has 0 saturated heterocycles. The lowest BCUT2D eigenvalue weighted by atomic mass is 10.3. The van der Waals surface area contributed by atoms with Crippen molar-refractivity contribution in [2.24, 2.45) is 4.99 Å². The van der Waals surface area contributed by atoms with E-state index in [4.69, 9.17) is 0 Å². The van der Waals surface area contributed by atoms with Crippen LogP contribution in [0.15, 0.2) is 35.3 Å². The molecule has 12 heavy (non-hydrogen) atoms. The molecule has 0 aromatic heterocycles. The average Bonchev–Trinajstić information content (AvgIpc) is 2.16. The maximum Gasteiger partial charge on any atom is 0.139 e.